The van der Waals surface area contributed by atoms with Crippen molar-refractivity contribution >= 4 is 39.4 Å². The van der Waals surface area contributed by atoms with Gasteiger partial charge in [0.15, 0.2) is 6.61 Å². The number of anilines is 2. The molecule has 32 heavy (non-hydrogen) atoms. The van der Waals surface area contributed by atoms with Crippen LogP contribution >= 0.6 is 0 Å². The summed E-state index contributed by atoms with van der Waals surface area (Å²) in [5.74, 6) is -0.495. The van der Waals surface area contributed by atoms with Crippen molar-refractivity contribution < 1.29 is 27.2 Å². The van der Waals surface area contributed by atoms with E-state index in [2.05, 4.69) is 10.6 Å². The first-order valence-corrected chi connectivity index (χ1v) is 11.0. The molecule has 0 aliphatic carbocycles. The van der Waals surface area contributed by atoms with Crippen LogP contribution in [0, 0.1) is 0 Å². The summed E-state index contributed by atoms with van der Waals surface area (Å²) in [7, 11) is -3.79. The summed E-state index contributed by atoms with van der Waals surface area (Å²) in [6, 6.07) is 16.6. The molecule has 0 radical (unpaired) electrons. The summed E-state index contributed by atoms with van der Waals surface area (Å²) < 4.78 is 32.9. The number of nitrogens with one attached hydrogen (secondary N) is 2. The molecule has 3 aromatic rings. The molecule has 1 aromatic heterocycles. The van der Waals surface area contributed by atoms with E-state index in [9.17, 15) is 18.0 Å². The number of hydrogen-bond donors (Lipinski definition) is 3. The minimum atomic E-state index is -3.79. The second-order valence-corrected chi connectivity index (χ2v) is 8.18. The molecule has 10 heteroatoms. The van der Waals surface area contributed by atoms with Gasteiger partial charge in [0.05, 0.1) is 17.7 Å². The highest BCUT2D eigenvalue weighted by atomic mass is 32.2. The van der Waals surface area contributed by atoms with Crippen molar-refractivity contribution in [3.8, 4) is 0 Å². The normalized spacial score (nSPS) is 11.3. The quantitative estimate of drug-likeness (QED) is 0.333. The van der Waals surface area contributed by atoms with Gasteiger partial charge in [-0.2, -0.15) is 0 Å². The number of ether oxygens (including phenoxy) is 1. The van der Waals surface area contributed by atoms with E-state index in [-0.39, 0.29) is 11.4 Å². The molecule has 0 bridgehead atoms. The Bertz CT molecular complexity index is 1200. The van der Waals surface area contributed by atoms with Gasteiger partial charge in [0.1, 0.15) is 5.76 Å². The van der Waals surface area contributed by atoms with Crippen LogP contribution in [0.3, 0.4) is 0 Å². The molecule has 0 atom stereocenters. The summed E-state index contributed by atoms with van der Waals surface area (Å²) in [6.07, 6.45) is 4.27. The van der Waals surface area contributed by atoms with E-state index in [1.165, 1.54) is 24.5 Å². The van der Waals surface area contributed by atoms with Gasteiger partial charge in [0.25, 0.3) is 5.91 Å². The standard InChI is InChI=1S/C22H21N3O6S/c23-32(28,29)20-5-1-3-18(13-20)25-17-9-6-16(7-10-17)8-11-22(27)31-15-21(26)24-14-19-4-2-12-30-19/h1-13,25H,14-15H2,(H,24,26)(H2,23,28,29)/b11-8+. The Hall–Kier alpha value is -3.89. The fourth-order valence-corrected chi connectivity index (χ4v) is 3.15. The highest BCUT2D eigenvalue weighted by Crippen LogP contribution is 2.20. The SMILES string of the molecule is NS(=O)(=O)c1cccc(Nc2ccc(/C=C/C(=O)OCC(=O)NCc3ccco3)cc2)c1. The van der Waals surface area contributed by atoms with Gasteiger partial charge in [-0.15, -0.1) is 0 Å². The molecule has 0 fully saturated rings. The number of benzene rings is 2. The van der Waals surface area contributed by atoms with Gasteiger partial charge in [-0.05, 0) is 54.1 Å². The van der Waals surface area contributed by atoms with Crippen LogP contribution in [0.2, 0.25) is 0 Å². The van der Waals surface area contributed by atoms with E-state index in [0.717, 1.165) is 5.56 Å². The molecule has 0 aliphatic rings. The Morgan fingerprint density at radius 1 is 1.03 bits per heavy atom. The summed E-state index contributed by atoms with van der Waals surface area (Å²) in [6.45, 7) is -0.184. The topological polar surface area (TPSA) is 141 Å². The largest absolute Gasteiger partial charge is 0.467 e. The molecule has 0 saturated heterocycles. The van der Waals surface area contributed by atoms with Crippen LogP contribution in [-0.2, 0) is 30.9 Å². The van der Waals surface area contributed by atoms with E-state index >= 15 is 0 Å². The van der Waals surface area contributed by atoms with Gasteiger partial charge in [-0.3, -0.25) is 4.79 Å². The van der Waals surface area contributed by atoms with E-state index in [4.69, 9.17) is 14.3 Å². The van der Waals surface area contributed by atoms with Gasteiger partial charge in [-0.25, -0.2) is 18.4 Å². The van der Waals surface area contributed by atoms with Crippen molar-refractivity contribution in [3.05, 3.63) is 84.3 Å². The monoisotopic (exact) mass is 455 g/mol. The lowest BCUT2D eigenvalue weighted by Crippen LogP contribution is -2.27. The van der Waals surface area contributed by atoms with Crippen LogP contribution < -0.4 is 15.8 Å². The molecule has 0 saturated carbocycles. The molecule has 3 rings (SSSR count). The molecule has 1 amide bonds. The predicted molar refractivity (Wildman–Crippen MR) is 118 cm³/mol. The number of furan rings is 1. The van der Waals surface area contributed by atoms with Crippen LogP contribution in [0.25, 0.3) is 6.08 Å². The first-order chi connectivity index (χ1) is 15.3. The van der Waals surface area contributed by atoms with Gasteiger partial charge >= 0.3 is 5.97 Å². The first kappa shape index (κ1) is 22.8. The number of esters is 1. The fourth-order valence-electron chi connectivity index (χ4n) is 2.59. The van der Waals surface area contributed by atoms with Crippen molar-refractivity contribution in [2.45, 2.75) is 11.4 Å². The third-order valence-corrected chi connectivity index (χ3v) is 5.07. The lowest BCUT2D eigenvalue weighted by molar-refractivity contribution is -0.143. The van der Waals surface area contributed by atoms with Gasteiger partial charge in [0, 0.05) is 17.5 Å². The van der Waals surface area contributed by atoms with Gasteiger partial charge in [0.2, 0.25) is 10.0 Å². The summed E-state index contributed by atoms with van der Waals surface area (Å²) >= 11 is 0. The molecule has 9 nitrogen and oxygen atoms in total. The fraction of sp³-hybridized carbons (Fsp3) is 0.0909. The number of sulfonamides is 1. The minimum absolute atomic E-state index is 0.00946. The van der Waals surface area contributed by atoms with Crippen molar-refractivity contribution in [2.75, 3.05) is 11.9 Å². The number of rotatable bonds is 9. The highest BCUT2D eigenvalue weighted by Gasteiger charge is 2.08. The maximum Gasteiger partial charge on any atom is 0.331 e. The summed E-state index contributed by atoms with van der Waals surface area (Å²) in [5.41, 5.74) is 2.01. The second kappa shape index (κ2) is 10.4. The average molecular weight is 455 g/mol. The van der Waals surface area contributed by atoms with Crippen LogP contribution in [0.1, 0.15) is 11.3 Å². The molecular formula is C22H21N3O6S. The third-order valence-electron chi connectivity index (χ3n) is 4.16. The molecule has 4 N–H and O–H groups in total. The molecule has 166 valence electrons. The number of carbonyl (C=O) groups is 2. The smallest absolute Gasteiger partial charge is 0.331 e. The van der Waals surface area contributed by atoms with Crippen molar-refractivity contribution in [1.82, 2.24) is 5.32 Å². The number of nitrogens with two attached hydrogens (primary N) is 1. The predicted octanol–water partition coefficient (Wildman–Crippen LogP) is 2.54. The lowest BCUT2D eigenvalue weighted by atomic mass is 10.2. The van der Waals surface area contributed by atoms with E-state index < -0.39 is 28.5 Å². The molecule has 0 unspecified atom stereocenters. The molecule has 2 aromatic carbocycles. The van der Waals surface area contributed by atoms with E-state index in [1.807, 2.05) is 0 Å². The zero-order chi connectivity index (χ0) is 23.0. The Labute approximate surface area is 184 Å². The number of hydrogen-bond acceptors (Lipinski definition) is 7. The maximum absolute atomic E-state index is 11.8. The van der Waals surface area contributed by atoms with Crippen LogP contribution in [0.15, 0.2) is 82.3 Å². The van der Waals surface area contributed by atoms with Gasteiger partial charge in [-0.1, -0.05) is 18.2 Å². The van der Waals surface area contributed by atoms with Crippen LogP contribution in [0.4, 0.5) is 11.4 Å². The van der Waals surface area contributed by atoms with E-state index in [0.29, 0.717) is 17.1 Å². The Kier molecular flexibility index (Phi) is 7.42. The summed E-state index contributed by atoms with van der Waals surface area (Å²) in [5, 5.41) is 10.8. The van der Waals surface area contributed by atoms with Crippen molar-refractivity contribution in [3.63, 3.8) is 0 Å². The number of primary sulfonamides is 1. The number of amides is 1. The van der Waals surface area contributed by atoms with E-state index in [1.54, 1.807) is 54.6 Å². The Balaban J connectivity index is 1.47. The maximum atomic E-state index is 11.8. The minimum Gasteiger partial charge on any atom is -0.467 e. The highest BCUT2D eigenvalue weighted by molar-refractivity contribution is 7.89. The van der Waals surface area contributed by atoms with Crippen molar-refractivity contribution in [2.24, 2.45) is 5.14 Å². The molecule has 1 heterocycles. The zero-order valence-corrected chi connectivity index (χ0v) is 17.7. The number of carbonyl (C=O) groups excluding carboxylic acids is 2. The zero-order valence-electron chi connectivity index (χ0n) is 16.9. The van der Waals surface area contributed by atoms with Crippen molar-refractivity contribution in [1.29, 1.82) is 0 Å². The third kappa shape index (κ3) is 7.11. The lowest BCUT2D eigenvalue weighted by Gasteiger charge is -2.08. The molecule has 0 aliphatic heterocycles. The van der Waals surface area contributed by atoms with Crippen LogP contribution in [-0.4, -0.2) is 26.9 Å². The summed E-state index contributed by atoms with van der Waals surface area (Å²) in [4.78, 5) is 23.5. The Morgan fingerprint density at radius 2 is 1.81 bits per heavy atom. The second-order valence-electron chi connectivity index (χ2n) is 6.62. The van der Waals surface area contributed by atoms with Crippen LogP contribution in [0.5, 0.6) is 0 Å². The van der Waals surface area contributed by atoms with Gasteiger partial charge < -0.3 is 19.8 Å². The first-order valence-electron chi connectivity index (χ1n) is 9.43. The Morgan fingerprint density at radius 3 is 2.50 bits per heavy atom. The molecular weight excluding hydrogens is 434 g/mol. The molecule has 0 spiro atoms. The average Bonchev–Trinajstić information content (AvgIpc) is 3.29.